The molecular weight excluding hydrogens is 462 g/mol. The molecule has 0 aliphatic carbocycles. The minimum absolute atomic E-state index is 0.0384. The number of fused-ring (bicyclic) bond motifs is 1. The Kier molecular flexibility index (Phi) is 6.03. The summed E-state index contributed by atoms with van der Waals surface area (Å²) in [5.41, 5.74) is 9.68. The van der Waals surface area contributed by atoms with Gasteiger partial charge in [-0.05, 0) is 12.5 Å². The third-order valence-corrected chi connectivity index (χ3v) is 6.63. The fourth-order valence-corrected chi connectivity index (χ4v) is 4.74. The molecule has 2 N–H and O–H groups in total. The van der Waals surface area contributed by atoms with E-state index in [1.54, 1.807) is 29.7 Å². The molecule has 186 valence electrons. The molecule has 2 saturated heterocycles. The second kappa shape index (κ2) is 9.63. The summed E-state index contributed by atoms with van der Waals surface area (Å²) in [5.74, 6) is 1.61. The van der Waals surface area contributed by atoms with Gasteiger partial charge in [-0.1, -0.05) is 0 Å². The summed E-state index contributed by atoms with van der Waals surface area (Å²) < 4.78 is 10.9. The van der Waals surface area contributed by atoms with Gasteiger partial charge in [-0.25, -0.2) is 15.0 Å². The summed E-state index contributed by atoms with van der Waals surface area (Å²) in [6.45, 7) is 5.63. The first-order valence-electron chi connectivity index (χ1n) is 12.1. The van der Waals surface area contributed by atoms with Crippen LogP contribution in [0.1, 0.15) is 15.9 Å². The van der Waals surface area contributed by atoms with Crippen molar-refractivity contribution in [3.8, 4) is 11.3 Å². The zero-order valence-electron chi connectivity index (χ0n) is 19.8. The minimum atomic E-state index is -0.0384. The van der Waals surface area contributed by atoms with Gasteiger partial charge in [-0.2, -0.15) is 4.98 Å². The maximum Gasteiger partial charge on any atom is 0.255 e. The van der Waals surface area contributed by atoms with Crippen LogP contribution in [0.25, 0.3) is 11.3 Å². The maximum absolute atomic E-state index is 13.1. The third-order valence-electron chi connectivity index (χ3n) is 6.63. The van der Waals surface area contributed by atoms with Crippen molar-refractivity contribution in [1.29, 1.82) is 0 Å². The van der Waals surface area contributed by atoms with E-state index in [1.165, 1.54) is 0 Å². The normalized spacial score (nSPS) is 17.8. The van der Waals surface area contributed by atoms with Crippen molar-refractivity contribution in [3.05, 3.63) is 42.0 Å². The van der Waals surface area contributed by atoms with Crippen LogP contribution in [0.3, 0.4) is 0 Å². The quantitative estimate of drug-likeness (QED) is 0.560. The van der Waals surface area contributed by atoms with E-state index < -0.39 is 0 Å². The highest BCUT2D eigenvalue weighted by atomic mass is 16.5. The Morgan fingerprint density at radius 1 is 0.889 bits per heavy atom. The van der Waals surface area contributed by atoms with E-state index >= 15 is 0 Å². The van der Waals surface area contributed by atoms with Gasteiger partial charge < -0.3 is 29.9 Å². The third kappa shape index (κ3) is 4.29. The van der Waals surface area contributed by atoms with Gasteiger partial charge in [0, 0.05) is 62.4 Å². The van der Waals surface area contributed by atoms with E-state index in [1.807, 2.05) is 6.07 Å². The number of hydrogen-bond donors (Lipinski definition) is 1. The molecule has 12 nitrogen and oxygen atoms in total. The molecule has 0 saturated carbocycles. The molecule has 0 spiro atoms. The smallest absolute Gasteiger partial charge is 0.255 e. The molecule has 0 unspecified atom stereocenters. The SMILES string of the molecule is Nc1ncc(-c2nc(N3CCOCC3)nc3c2CCN3c2cncc(C(=O)N3CCOCC3)c2)cn1. The lowest BCUT2D eigenvalue weighted by atomic mass is 10.1. The lowest BCUT2D eigenvalue weighted by molar-refractivity contribution is 0.0302. The molecule has 0 bridgehead atoms. The highest BCUT2D eigenvalue weighted by molar-refractivity contribution is 5.95. The van der Waals surface area contributed by atoms with Crippen molar-refractivity contribution in [2.24, 2.45) is 0 Å². The van der Waals surface area contributed by atoms with Gasteiger partial charge in [0.25, 0.3) is 5.91 Å². The highest BCUT2D eigenvalue weighted by Gasteiger charge is 2.30. The number of anilines is 4. The summed E-state index contributed by atoms with van der Waals surface area (Å²) in [6.07, 6.45) is 7.52. The zero-order chi connectivity index (χ0) is 24.5. The van der Waals surface area contributed by atoms with Crippen molar-refractivity contribution in [2.45, 2.75) is 6.42 Å². The molecule has 3 aliphatic rings. The van der Waals surface area contributed by atoms with Crippen molar-refractivity contribution in [2.75, 3.05) is 74.7 Å². The Morgan fingerprint density at radius 2 is 1.61 bits per heavy atom. The van der Waals surface area contributed by atoms with E-state index in [9.17, 15) is 4.79 Å². The highest BCUT2D eigenvalue weighted by Crippen LogP contribution is 2.39. The number of nitrogens with zero attached hydrogens (tertiary/aromatic N) is 8. The summed E-state index contributed by atoms with van der Waals surface area (Å²) >= 11 is 0. The fraction of sp³-hybridized carbons (Fsp3) is 0.417. The van der Waals surface area contributed by atoms with Crippen LogP contribution < -0.4 is 15.5 Å². The number of rotatable bonds is 4. The molecule has 6 heterocycles. The van der Waals surface area contributed by atoms with E-state index in [0.29, 0.717) is 70.7 Å². The Balaban J connectivity index is 1.39. The summed E-state index contributed by atoms with van der Waals surface area (Å²) in [4.78, 5) is 41.8. The van der Waals surface area contributed by atoms with Gasteiger partial charge in [-0.3, -0.25) is 9.78 Å². The first kappa shape index (κ1) is 22.6. The number of carbonyl (C=O) groups is 1. The number of pyridine rings is 1. The molecule has 0 radical (unpaired) electrons. The summed E-state index contributed by atoms with van der Waals surface area (Å²) in [7, 11) is 0. The van der Waals surface area contributed by atoms with Crippen molar-refractivity contribution in [3.63, 3.8) is 0 Å². The number of carbonyl (C=O) groups excluding carboxylic acids is 1. The zero-order valence-corrected chi connectivity index (χ0v) is 19.8. The fourth-order valence-electron chi connectivity index (χ4n) is 4.74. The molecule has 12 heteroatoms. The van der Waals surface area contributed by atoms with Crippen LogP contribution >= 0.6 is 0 Å². The topological polar surface area (TPSA) is 136 Å². The van der Waals surface area contributed by atoms with E-state index in [4.69, 9.17) is 25.2 Å². The Labute approximate surface area is 208 Å². The molecule has 1 amide bonds. The Hall–Kier alpha value is -3.90. The summed E-state index contributed by atoms with van der Waals surface area (Å²) in [6, 6.07) is 1.89. The molecular formula is C24H27N9O3. The number of amides is 1. The Bertz CT molecular complexity index is 1260. The minimum Gasteiger partial charge on any atom is -0.378 e. The monoisotopic (exact) mass is 489 g/mol. The van der Waals surface area contributed by atoms with Gasteiger partial charge in [0.15, 0.2) is 0 Å². The number of ether oxygens (including phenoxy) is 2. The average molecular weight is 490 g/mol. The first-order valence-corrected chi connectivity index (χ1v) is 12.1. The van der Waals surface area contributed by atoms with Crippen LogP contribution in [-0.4, -0.2) is 94.9 Å². The van der Waals surface area contributed by atoms with Gasteiger partial charge in [0.1, 0.15) is 5.82 Å². The van der Waals surface area contributed by atoms with E-state index in [0.717, 1.165) is 34.7 Å². The maximum atomic E-state index is 13.1. The van der Waals surface area contributed by atoms with Gasteiger partial charge in [0.2, 0.25) is 11.9 Å². The predicted octanol–water partition coefficient (Wildman–Crippen LogP) is 0.914. The van der Waals surface area contributed by atoms with Crippen molar-refractivity contribution >= 4 is 29.3 Å². The number of morpholine rings is 2. The molecule has 0 aromatic carbocycles. The van der Waals surface area contributed by atoms with Gasteiger partial charge in [0.05, 0.1) is 49.6 Å². The van der Waals surface area contributed by atoms with Crippen LogP contribution in [0.5, 0.6) is 0 Å². The van der Waals surface area contributed by atoms with Crippen LogP contribution in [0.4, 0.5) is 23.4 Å². The molecule has 0 atom stereocenters. The standard InChI is InChI=1S/C24H27N9O3/c25-23-27-13-17(14-28-23)20-19-1-2-33(21(19)30-24(29-20)32-5-9-36-10-6-32)18-11-16(12-26-15-18)22(34)31-3-7-35-8-4-31/h11-15H,1-10H2,(H2,25,27,28). The summed E-state index contributed by atoms with van der Waals surface area (Å²) in [5, 5.41) is 0. The average Bonchev–Trinajstić information content (AvgIpc) is 3.38. The van der Waals surface area contributed by atoms with Crippen molar-refractivity contribution in [1.82, 2.24) is 29.8 Å². The van der Waals surface area contributed by atoms with Gasteiger partial charge in [-0.15, -0.1) is 0 Å². The van der Waals surface area contributed by atoms with Crippen LogP contribution in [0.2, 0.25) is 0 Å². The number of nitrogen functional groups attached to an aromatic ring is 1. The number of hydrogen-bond acceptors (Lipinski definition) is 11. The number of aromatic nitrogens is 5. The lowest BCUT2D eigenvalue weighted by Crippen LogP contribution is -2.40. The Morgan fingerprint density at radius 3 is 2.36 bits per heavy atom. The van der Waals surface area contributed by atoms with Crippen LogP contribution in [-0.2, 0) is 15.9 Å². The first-order chi connectivity index (χ1) is 17.7. The molecule has 3 aliphatic heterocycles. The lowest BCUT2D eigenvalue weighted by Gasteiger charge is -2.28. The molecule has 6 rings (SSSR count). The largest absolute Gasteiger partial charge is 0.378 e. The van der Waals surface area contributed by atoms with Gasteiger partial charge >= 0.3 is 0 Å². The molecule has 2 fully saturated rings. The molecule has 3 aromatic heterocycles. The van der Waals surface area contributed by atoms with E-state index in [-0.39, 0.29) is 11.9 Å². The van der Waals surface area contributed by atoms with Crippen LogP contribution in [0.15, 0.2) is 30.9 Å². The second-order valence-corrected chi connectivity index (χ2v) is 8.84. The molecule has 36 heavy (non-hydrogen) atoms. The second-order valence-electron chi connectivity index (χ2n) is 8.84. The predicted molar refractivity (Wildman–Crippen MR) is 132 cm³/mol. The van der Waals surface area contributed by atoms with E-state index in [2.05, 4.69) is 24.8 Å². The molecule has 3 aromatic rings. The number of nitrogens with two attached hydrogens (primary N) is 1. The van der Waals surface area contributed by atoms with Crippen LogP contribution in [0, 0.1) is 0 Å². The van der Waals surface area contributed by atoms with Crippen molar-refractivity contribution < 1.29 is 14.3 Å².